The van der Waals surface area contributed by atoms with Gasteiger partial charge in [-0.3, -0.25) is 4.79 Å². The highest BCUT2D eigenvalue weighted by Gasteiger charge is 2.43. The van der Waals surface area contributed by atoms with E-state index in [1.807, 2.05) is 31.3 Å². The molecule has 1 aliphatic carbocycles. The van der Waals surface area contributed by atoms with Crippen molar-refractivity contribution in [2.24, 2.45) is 11.8 Å². The van der Waals surface area contributed by atoms with Crippen molar-refractivity contribution < 1.29 is 27.5 Å². The van der Waals surface area contributed by atoms with Crippen LogP contribution in [0, 0.1) is 11.8 Å². The van der Waals surface area contributed by atoms with Crippen molar-refractivity contribution in [3.63, 3.8) is 0 Å². The number of alkyl halides is 3. The van der Waals surface area contributed by atoms with E-state index in [-0.39, 0.29) is 0 Å². The molecular formula is C24H26F3N3O4. The molecule has 0 radical (unpaired) electrons. The molecule has 2 aliphatic rings. The van der Waals surface area contributed by atoms with Gasteiger partial charge in [-0.25, -0.2) is 9.59 Å². The predicted octanol–water partition coefficient (Wildman–Crippen LogP) is 3.28. The maximum absolute atomic E-state index is 12.4. The summed E-state index contributed by atoms with van der Waals surface area (Å²) in [6.45, 7) is 3.79. The molecular weight excluding hydrogens is 451 g/mol. The molecule has 1 aromatic heterocycles. The highest BCUT2D eigenvalue weighted by molar-refractivity contribution is 5.98. The zero-order valence-corrected chi connectivity index (χ0v) is 18.9. The number of esters is 2. The minimum Gasteiger partial charge on any atom is -0.382 e. The van der Waals surface area contributed by atoms with Crippen molar-refractivity contribution in [1.29, 1.82) is 0 Å². The Morgan fingerprint density at radius 3 is 2.29 bits per heavy atom. The number of aromatic nitrogens is 1. The second kappa shape index (κ2) is 9.25. The van der Waals surface area contributed by atoms with Crippen molar-refractivity contribution in [2.75, 3.05) is 25.0 Å². The summed E-state index contributed by atoms with van der Waals surface area (Å²) < 4.78 is 41.0. The van der Waals surface area contributed by atoms with Crippen LogP contribution in [-0.2, 0) is 16.0 Å². The molecule has 4 rings (SSSR count). The summed E-state index contributed by atoms with van der Waals surface area (Å²) in [5, 5.41) is 3.37. The van der Waals surface area contributed by atoms with Crippen LogP contribution in [0.2, 0.25) is 0 Å². The molecule has 1 aromatic carbocycles. The van der Waals surface area contributed by atoms with E-state index < -0.39 is 29.2 Å². The Kier molecular flexibility index (Phi) is 6.53. The molecule has 182 valence electrons. The highest BCUT2D eigenvalue weighted by Crippen LogP contribution is 2.40. The van der Waals surface area contributed by atoms with Crippen molar-refractivity contribution in [3.05, 3.63) is 51.8 Å². The molecule has 2 N–H and O–H groups in total. The summed E-state index contributed by atoms with van der Waals surface area (Å²) in [4.78, 5) is 40.3. The van der Waals surface area contributed by atoms with Gasteiger partial charge in [0.2, 0.25) is 0 Å². The summed E-state index contributed by atoms with van der Waals surface area (Å²) in [6.07, 6.45) is -2.58. The van der Waals surface area contributed by atoms with Crippen molar-refractivity contribution in [2.45, 2.75) is 38.4 Å². The van der Waals surface area contributed by atoms with Crippen molar-refractivity contribution in [1.82, 2.24) is 10.3 Å². The fraction of sp³-hybridized carbons (Fsp3) is 0.458. The second-order valence-electron chi connectivity index (χ2n) is 8.87. The lowest BCUT2D eigenvalue weighted by atomic mass is 10.0. The largest absolute Gasteiger partial charge is 0.491 e. The van der Waals surface area contributed by atoms with Gasteiger partial charge in [-0.1, -0.05) is 19.1 Å². The van der Waals surface area contributed by atoms with Gasteiger partial charge in [-0.05, 0) is 67.5 Å². The van der Waals surface area contributed by atoms with Crippen LogP contribution in [-0.4, -0.2) is 49.3 Å². The number of nitrogens with one attached hydrogen (secondary N) is 2. The fourth-order valence-electron chi connectivity index (χ4n) is 5.04. The van der Waals surface area contributed by atoms with E-state index in [9.17, 15) is 27.6 Å². The number of halogens is 3. The number of hydrogen-bond donors (Lipinski definition) is 2. The summed E-state index contributed by atoms with van der Waals surface area (Å²) in [5.74, 6) is -2.95. The Labute approximate surface area is 194 Å². The van der Waals surface area contributed by atoms with Gasteiger partial charge >= 0.3 is 18.1 Å². The fourth-order valence-corrected chi connectivity index (χ4v) is 5.04. The number of nitrogens with zero attached hydrogens (tertiary/aromatic N) is 1. The number of H-pyrrole nitrogens is 1. The van der Waals surface area contributed by atoms with E-state index in [1.54, 1.807) is 6.92 Å². The van der Waals surface area contributed by atoms with Crippen LogP contribution in [0.25, 0.3) is 11.3 Å². The zero-order chi connectivity index (χ0) is 24.6. The number of hydrogen-bond acceptors (Lipinski definition) is 6. The average molecular weight is 477 g/mol. The van der Waals surface area contributed by atoms with Gasteiger partial charge in [0.05, 0.1) is 5.69 Å². The predicted molar refractivity (Wildman–Crippen MR) is 120 cm³/mol. The first-order chi connectivity index (χ1) is 16.1. The number of aromatic amines is 1. The molecule has 2 heterocycles. The van der Waals surface area contributed by atoms with E-state index in [1.165, 1.54) is 18.9 Å². The van der Waals surface area contributed by atoms with Crippen LogP contribution in [0.15, 0.2) is 35.1 Å². The van der Waals surface area contributed by atoms with Crippen LogP contribution >= 0.6 is 0 Å². The number of benzene rings is 1. The molecule has 34 heavy (non-hydrogen) atoms. The molecule has 0 spiro atoms. The normalized spacial score (nSPS) is 22.0. The summed E-state index contributed by atoms with van der Waals surface area (Å²) in [7, 11) is 2.01. The lowest BCUT2D eigenvalue weighted by Crippen LogP contribution is -2.30. The number of carbonyl (C=O) groups excluding carboxylic acids is 2. The van der Waals surface area contributed by atoms with Gasteiger partial charge < -0.3 is 19.9 Å². The van der Waals surface area contributed by atoms with E-state index >= 15 is 0 Å². The van der Waals surface area contributed by atoms with Gasteiger partial charge in [-0.15, -0.1) is 0 Å². The number of rotatable bonds is 5. The van der Waals surface area contributed by atoms with Crippen LogP contribution in [0.5, 0.6) is 0 Å². The molecule has 3 atom stereocenters. The Balaban J connectivity index is 1.52. The van der Waals surface area contributed by atoms with Gasteiger partial charge in [0.15, 0.2) is 0 Å². The molecule has 2 fully saturated rings. The number of ether oxygens (including phenoxy) is 1. The Bertz CT molecular complexity index is 1130. The Morgan fingerprint density at radius 1 is 1.15 bits per heavy atom. The Hall–Kier alpha value is -3.14. The SMILES string of the molecule is CCc1cc(C(=O)OC(=O)C(F)(F)F)c(=O)[nH]c1-c1ccc(N2C[C@H]3CC(NC)C[C@H]3C2)cc1. The first-order valence-corrected chi connectivity index (χ1v) is 11.2. The number of aryl methyl sites for hydroxylation is 1. The average Bonchev–Trinajstić information content (AvgIpc) is 3.37. The number of anilines is 1. The second-order valence-corrected chi connectivity index (χ2v) is 8.87. The lowest BCUT2D eigenvalue weighted by Gasteiger charge is -2.21. The topological polar surface area (TPSA) is 91.5 Å². The molecule has 0 amide bonds. The summed E-state index contributed by atoms with van der Waals surface area (Å²) in [6, 6.07) is 9.47. The molecule has 0 bridgehead atoms. The molecule has 1 saturated carbocycles. The zero-order valence-electron chi connectivity index (χ0n) is 18.9. The minimum absolute atomic E-state index is 0.392. The molecule has 1 saturated heterocycles. The van der Waals surface area contributed by atoms with Crippen molar-refractivity contribution in [3.8, 4) is 11.3 Å². The van der Waals surface area contributed by atoms with Gasteiger partial charge in [0.25, 0.3) is 5.56 Å². The standard InChI is InChI=1S/C24H26F3N3O4/c1-3-13-10-19(22(32)34-23(33)24(25,26)27)21(31)29-20(13)14-4-6-18(7-5-14)30-11-15-8-17(28-2)9-16(15)12-30/h4-7,10,15-17,28H,3,8-9,11-12H2,1-2H3,(H,29,31)/t15-,16+,17?. The summed E-state index contributed by atoms with van der Waals surface area (Å²) >= 11 is 0. The molecule has 10 heteroatoms. The van der Waals surface area contributed by atoms with E-state index in [4.69, 9.17) is 0 Å². The maximum atomic E-state index is 12.4. The third-order valence-electron chi connectivity index (χ3n) is 6.82. The quantitative estimate of drug-likeness (QED) is 0.507. The van der Waals surface area contributed by atoms with Crippen molar-refractivity contribution >= 4 is 17.6 Å². The third-order valence-corrected chi connectivity index (χ3v) is 6.82. The molecule has 1 unspecified atom stereocenters. The van der Waals surface area contributed by atoms with Gasteiger partial charge in [0.1, 0.15) is 5.56 Å². The van der Waals surface area contributed by atoms with Crippen LogP contribution in [0.3, 0.4) is 0 Å². The molecule has 7 nitrogen and oxygen atoms in total. The van der Waals surface area contributed by atoms with Crippen LogP contribution in [0.4, 0.5) is 18.9 Å². The third kappa shape index (κ3) is 4.72. The van der Waals surface area contributed by atoms with Gasteiger partial charge in [-0.2, -0.15) is 13.2 Å². The van der Waals surface area contributed by atoms with E-state index in [0.29, 0.717) is 41.1 Å². The summed E-state index contributed by atoms with van der Waals surface area (Å²) in [5.41, 5.74) is 1.21. The number of pyridine rings is 1. The van der Waals surface area contributed by atoms with Crippen LogP contribution in [0.1, 0.15) is 35.7 Å². The van der Waals surface area contributed by atoms with Crippen LogP contribution < -0.4 is 15.8 Å². The first-order valence-electron chi connectivity index (χ1n) is 11.2. The number of carbonyl (C=O) groups is 2. The highest BCUT2D eigenvalue weighted by atomic mass is 19.4. The maximum Gasteiger partial charge on any atom is 0.491 e. The van der Waals surface area contributed by atoms with Gasteiger partial charge in [0, 0.05) is 24.8 Å². The Morgan fingerprint density at radius 2 is 1.76 bits per heavy atom. The monoisotopic (exact) mass is 477 g/mol. The smallest absolute Gasteiger partial charge is 0.382 e. The minimum atomic E-state index is -5.33. The first kappa shape index (κ1) is 24.0. The molecule has 1 aliphatic heterocycles. The van der Waals surface area contributed by atoms with E-state index in [0.717, 1.165) is 18.8 Å². The lowest BCUT2D eigenvalue weighted by molar-refractivity contribution is -0.193. The number of fused-ring (bicyclic) bond motifs is 1. The molecule has 2 aromatic rings. The van der Waals surface area contributed by atoms with E-state index in [2.05, 4.69) is 19.9 Å².